The Balaban J connectivity index is 1.86. The van der Waals surface area contributed by atoms with E-state index in [0.717, 1.165) is 16.5 Å². The minimum Gasteiger partial charge on any atom is -0.365 e. The predicted octanol–water partition coefficient (Wildman–Crippen LogP) is 3.77. The van der Waals surface area contributed by atoms with E-state index in [1.165, 1.54) is 6.20 Å². The lowest BCUT2D eigenvalue weighted by Gasteiger charge is -2.09. The van der Waals surface area contributed by atoms with Crippen LogP contribution in [0.5, 0.6) is 0 Å². The van der Waals surface area contributed by atoms with Crippen molar-refractivity contribution >= 4 is 28.3 Å². The van der Waals surface area contributed by atoms with E-state index in [2.05, 4.69) is 15.3 Å². The van der Waals surface area contributed by atoms with Crippen molar-refractivity contribution in [2.45, 2.75) is 6.54 Å². The molecule has 0 spiro atoms. The van der Waals surface area contributed by atoms with Crippen LogP contribution in [0.1, 0.15) is 11.1 Å². The summed E-state index contributed by atoms with van der Waals surface area (Å²) in [6.07, 6.45) is 3.27. The highest BCUT2D eigenvalue weighted by Crippen LogP contribution is 2.22. The second kappa shape index (κ2) is 5.78. The van der Waals surface area contributed by atoms with Crippen LogP contribution in [0.3, 0.4) is 0 Å². The summed E-state index contributed by atoms with van der Waals surface area (Å²) in [6, 6.07) is 13.6. The maximum absolute atomic E-state index is 8.80. The number of benzene rings is 1. The van der Waals surface area contributed by atoms with Gasteiger partial charge in [0, 0.05) is 24.3 Å². The van der Waals surface area contributed by atoms with Gasteiger partial charge in [0.05, 0.1) is 16.1 Å². The van der Waals surface area contributed by atoms with Crippen LogP contribution in [0.25, 0.3) is 10.9 Å². The molecule has 0 bridgehead atoms. The van der Waals surface area contributed by atoms with Crippen LogP contribution in [0.15, 0.2) is 48.8 Å². The number of halogens is 1. The van der Waals surface area contributed by atoms with E-state index in [9.17, 15) is 0 Å². The first-order chi connectivity index (χ1) is 10.3. The number of hydrogen-bond acceptors (Lipinski definition) is 4. The first kappa shape index (κ1) is 13.3. The van der Waals surface area contributed by atoms with Crippen molar-refractivity contribution in [2.24, 2.45) is 0 Å². The summed E-state index contributed by atoms with van der Waals surface area (Å²) in [6.45, 7) is 0.562. The standard InChI is InChI=1S/C16H11ClN4/c17-14-7-11(8-18)9-20-16(14)21-10-13-4-1-3-12-5-2-6-19-15(12)13/h1-7,9H,10H2,(H,20,21). The quantitative estimate of drug-likeness (QED) is 0.799. The molecule has 0 atom stereocenters. The first-order valence-corrected chi connectivity index (χ1v) is 6.78. The molecule has 21 heavy (non-hydrogen) atoms. The van der Waals surface area contributed by atoms with Crippen molar-refractivity contribution in [3.8, 4) is 6.07 Å². The summed E-state index contributed by atoms with van der Waals surface area (Å²) in [5.74, 6) is 0.559. The van der Waals surface area contributed by atoms with Crippen LogP contribution < -0.4 is 5.32 Å². The number of nitrogens with zero attached hydrogens (tertiary/aromatic N) is 3. The van der Waals surface area contributed by atoms with E-state index in [-0.39, 0.29) is 0 Å². The molecule has 1 aromatic carbocycles. The third-order valence-electron chi connectivity index (χ3n) is 3.13. The highest BCUT2D eigenvalue weighted by atomic mass is 35.5. The Hall–Kier alpha value is -2.64. The molecule has 0 saturated heterocycles. The van der Waals surface area contributed by atoms with Gasteiger partial charge in [-0.15, -0.1) is 0 Å². The number of anilines is 1. The molecule has 0 radical (unpaired) electrons. The van der Waals surface area contributed by atoms with Gasteiger partial charge in [0.25, 0.3) is 0 Å². The number of fused-ring (bicyclic) bond motifs is 1. The summed E-state index contributed by atoms with van der Waals surface area (Å²) in [5, 5.41) is 13.5. The van der Waals surface area contributed by atoms with Gasteiger partial charge in [0.15, 0.2) is 0 Å². The fraction of sp³-hybridized carbons (Fsp3) is 0.0625. The van der Waals surface area contributed by atoms with E-state index >= 15 is 0 Å². The van der Waals surface area contributed by atoms with Crippen LogP contribution in [0.4, 0.5) is 5.82 Å². The molecule has 0 aliphatic carbocycles. The molecule has 2 heterocycles. The lowest BCUT2D eigenvalue weighted by atomic mass is 10.1. The van der Waals surface area contributed by atoms with Gasteiger partial charge in [0.1, 0.15) is 11.9 Å². The van der Waals surface area contributed by atoms with Gasteiger partial charge in [-0.05, 0) is 17.7 Å². The normalized spacial score (nSPS) is 10.3. The number of nitrogens with one attached hydrogen (secondary N) is 1. The van der Waals surface area contributed by atoms with Gasteiger partial charge in [-0.1, -0.05) is 35.9 Å². The summed E-state index contributed by atoms with van der Waals surface area (Å²) in [7, 11) is 0. The smallest absolute Gasteiger partial charge is 0.145 e. The van der Waals surface area contributed by atoms with Crippen LogP contribution in [-0.2, 0) is 6.54 Å². The Kier molecular flexibility index (Phi) is 3.67. The number of hydrogen-bond donors (Lipinski definition) is 1. The maximum Gasteiger partial charge on any atom is 0.145 e. The van der Waals surface area contributed by atoms with Crippen LogP contribution in [0, 0.1) is 11.3 Å². The van der Waals surface area contributed by atoms with E-state index in [4.69, 9.17) is 16.9 Å². The topological polar surface area (TPSA) is 61.6 Å². The zero-order valence-corrected chi connectivity index (χ0v) is 11.8. The van der Waals surface area contributed by atoms with Crippen LogP contribution in [0.2, 0.25) is 5.02 Å². The van der Waals surface area contributed by atoms with Crippen molar-refractivity contribution in [1.29, 1.82) is 5.26 Å². The van der Waals surface area contributed by atoms with Crippen molar-refractivity contribution in [3.05, 3.63) is 64.9 Å². The van der Waals surface area contributed by atoms with Crippen molar-refractivity contribution < 1.29 is 0 Å². The summed E-state index contributed by atoms with van der Waals surface area (Å²) < 4.78 is 0. The number of pyridine rings is 2. The van der Waals surface area contributed by atoms with E-state index in [0.29, 0.717) is 22.9 Å². The molecule has 0 fully saturated rings. The summed E-state index contributed by atoms with van der Waals surface area (Å²) in [4.78, 5) is 8.57. The van der Waals surface area contributed by atoms with Crippen molar-refractivity contribution in [2.75, 3.05) is 5.32 Å². The van der Waals surface area contributed by atoms with E-state index in [1.807, 2.05) is 36.4 Å². The molecule has 5 heteroatoms. The zero-order chi connectivity index (χ0) is 14.7. The molecule has 1 N–H and O–H groups in total. The fourth-order valence-electron chi connectivity index (χ4n) is 2.12. The first-order valence-electron chi connectivity index (χ1n) is 6.40. The molecule has 0 saturated carbocycles. The molecule has 3 rings (SSSR count). The summed E-state index contributed by atoms with van der Waals surface area (Å²) in [5.41, 5.74) is 2.46. The largest absolute Gasteiger partial charge is 0.365 e. The van der Waals surface area contributed by atoms with E-state index < -0.39 is 0 Å². The van der Waals surface area contributed by atoms with Gasteiger partial charge < -0.3 is 5.32 Å². The molecular formula is C16H11ClN4. The molecule has 0 amide bonds. The minimum absolute atomic E-state index is 0.433. The Morgan fingerprint density at radius 1 is 1.19 bits per heavy atom. The molecule has 3 aromatic rings. The monoisotopic (exact) mass is 294 g/mol. The molecule has 2 aromatic heterocycles. The number of para-hydroxylation sites is 1. The minimum atomic E-state index is 0.433. The third kappa shape index (κ3) is 2.78. The molecule has 0 aliphatic rings. The summed E-state index contributed by atoms with van der Waals surface area (Å²) >= 11 is 6.10. The van der Waals surface area contributed by atoms with E-state index in [1.54, 1.807) is 12.3 Å². The van der Waals surface area contributed by atoms with Crippen molar-refractivity contribution in [3.63, 3.8) is 0 Å². The lowest BCUT2D eigenvalue weighted by Crippen LogP contribution is -2.03. The fourth-order valence-corrected chi connectivity index (χ4v) is 2.35. The molecule has 4 nitrogen and oxygen atoms in total. The van der Waals surface area contributed by atoms with Gasteiger partial charge in [-0.2, -0.15) is 5.26 Å². The van der Waals surface area contributed by atoms with Crippen LogP contribution >= 0.6 is 11.6 Å². The zero-order valence-electron chi connectivity index (χ0n) is 11.0. The lowest BCUT2D eigenvalue weighted by molar-refractivity contribution is 1.11. The molecule has 0 unspecified atom stereocenters. The maximum atomic E-state index is 8.80. The highest BCUT2D eigenvalue weighted by molar-refractivity contribution is 6.33. The number of nitriles is 1. The van der Waals surface area contributed by atoms with Crippen LogP contribution in [-0.4, -0.2) is 9.97 Å². The highest BCUT2D eigenvalue weighted by Gasteiger charge is 2.05. The second-order valence-electron chi connectivity index (χ2n) is 4.51. The molecule has 102 valence electrons. The molecular weight excluding hydrogens is 284 g/mol. The van der Waals surface area contributed by atoms with Gasteiger partial charge in [-0.25, -0.2) is 4.98 Å². The Morgan fingerprint density at radius 3 is 2.86 bits per heavy atom. The third-order valence-corrected chi connectivity index (χ3v) is 3.42. The second-order valence-corrected chi connectivity index (χ2v) is 4.92. The Bertz CT molecular complexity index is 834. The number of aromatic nitrogens is 2. The average Bonchev–Trinajstić information content (AvgIpc) is 2.53. The van der Waals surface area contributed by atoms with Gasteiger partial charge in [0.2, 0.25) is 0 Å². The molecule has 0 aliphatic heterocycles. The van der Waals surface area contributed by atoms with Gasteiger partial charge >= 0.3 is 0 Å². The Morgan fingerprint density at radius 2 is 2.05 bits per heavy atom. The van der Waals surface area contributed by atoms with Gasteiger partial charge in [-0.3, -0.25) is 4.98 Å². The predicted molar refractivity (Wildman–Crippen MR) is 83.0 cm³/mol. The SMILES string of the molecule is N#Cc1cnc(NCc2cccc3cccnc23)c(Cl)c1. The number of rotatable bonds is 3. The Labute approximate surface area is 127 Å². The van der Waals surface area contributed by atoms with Crippen molar-refractivity contribution in [1.82, 2.24) is 9.97 Å². The average molecular weight is 295 g/mol.